The molecule has 22 heavy (non-hydrogen) atoms. The van der Waals surface area contributed by atoms with Gasteiger partial charge in [0, 0.05) is 11.1 Å². The van der Waals surface area contributed by atoms with Crippen LogP contribution in [-0.4, -0.2) is 38.6 Å². The minimum Gasteiger partial charge on any atom is -0.490 e. The lowest BCUT2D eigenvalue weighted by Gasteiger charge is -2.16. The highest BCUT2D eigenvalue weighted by Crippen LogP contribution is 2.31. The van der Waals surface area contributed by atoms with Crippen LogP contribution < -0.4 is 9.47 Å². The number of ether oxygens (including phenoxy) is 4. The number of allylic oxidation sites excluding steroid dienone is 2. The van der Waals surface area contributed by atoms with Crippen LogP contribution in [0.5, 0.6) is 11.5 Å². The van der Waals surface area contributed by atoms with Crippen molar-refractivity contribution in [3.63, 3.8) is 0 Å². The number of epoxide rings is 2. The van der Waals surface area contributed by atoms with Gasteiger partial charge in [0.05, 0.1) is 13.2 Å². The van der Waals surface area contributed by atoms with E-state index in [1.165, 1.54) is 0 Å². The van der Waals surface area contributed by atoms with E-state index in [2.05, 4.69) is 13.2 Å². The fraction of sp³-hybridized carbons (Fsp3) is 0.444. The molecule has 2 fully saturated rings. The summed E-state index contributed by atoms with van der Waals surface area (Å²) in [6.07, 6.45) is 5.70. The second-order valence-electron chi connectivity index (χ2n) is 5.59. The van der Waals surface area contributed by atoms with Gasteiger partial charge in [0.2, 0.25) is 0 Å². The molecular weight excluding hydrogens is 280 g/mol. The van der Waals surface area contributed by atoms with E-state index >= 15 is 0 Å². The zero-order valence-electron chi connectivity index (χ0n) is 12.8. The van der Waals surface area contributed by atoms with Gasteiger partial charge in [-0.3, -0.25) is 0 Å². The average molecular weight is 302 g/mol. The third kappa shape index (κ3) is 4.12. The van der Waals surface area contributed by atoms with Crippen molar-refractivity contribution >= 4 is 0 Å². The molecule has 3 rings (SSSR count). The summed E-state index contributed by atoms with van der Waals surface area (Å²) in [4.78, 5) is 0. The van der Waals surface area contributed by atoms with E-state index in [1.54, 1.807) is 0 Å². The minimum atomic E-state index is 0.238. The van der Waals surface area contributed by atoms with Gasteiger partial charge >= 0.3 is 0 Å². The molecule has 2 aliphatic rings. The minimum absolute atomic E-state index is 0.238. The van der Waals surface area contributed by atoms with Crippen LogP contribution in [0, 0.1) is 0 Å². The zero-order valence-corrected chi connectivity index (χ0v) is 12.8. The van der Waals surface area contributed by atoms with Crippen molar-refractivity contribution in [3.05, 3.63) is 48.6 Å². The number of benzene rings is 1. The van der Waals surface area contributed by atoms with Crippen molar-refractivity contribution in [2.24, 2.45) is 0 Å². The second-order valence-corrected chi connectivity index (χ2v) is 5.59. The van der Waals surface area contributed by atoms with Gasteiger partial charge in [-0.2, -0.15) is 0 Å². The molecule has 0 aliphatic carbocycles. The Morgan fingerprint density at radius 3 is 1.64 bits per heavy atom. The number of hydrogen-bond donors (Lipinski definition) is 0. The molecule has 1 aromatic rings. The summed E-state index contributed by atoms with van der Waals surface area (Å²) in [6.45, 7) is 10.4. The lowest BCUT2D eigenvalue weighted by Crippen LogP contribution is -2.09. The van der Waals surface area contributed by atoms with E-state index in [0.29, 0.717) is 13.2 Å². The smallest absolute Gasteiger partial charge is 0.123 e. The first kappa shape index (κ1) is 15.1. The predicted molar refractivity (Wildman–Crippen MR) is 84.7 cm³/mol. The van der Waals surface area contributed by atoms with Crippen molar-refractivity contribution in [1.82, 2.24) is 0 Å². The molecule has 4 nitrogen and oxygen atoms in total. The van der Waals surface area contributed by atoms with E-state index in [4.69, 9.17) is 18.9 Å². The zero-order chi connectivity index (χ0) is 15.4. The van der Waals surface area contributed by atoms with Crippen LogP contribution in [-0.2, 0) is 22.3 Å². The third-order valence-corrected chi connectivity index (χ3v) is 3.63. The predicted octanol–water partition coefficient (Wildman–Crippen LogP) is 2.70. The summed E-state index contributed by atoms with van der Waals surface area (Å²) in [6, 6.07) is 4.10. The Bertz CT molecular complexity index is 495. The summed E-state index contributed by atoms with van der Waals surface area (Å²) >= 11 is 0. The summed E-state index contributed by atoms with van der Waals surface area (Å²) in [5.74, 6) is 1.75. The molecule has 4 heteroatoms. The van der Waals surface area contributed by atoms with E-state index in [-0.39, 0.29) is 12.2 Å². The molecule has 0 spiro atoms. The molecule has 0 amide bonds. The highest BCUT2D eigenvalue weighted by Gasteiger charge is 2.25. The average Bonchev–Trinajstić information content (AvgIpc) is 3.39. The maximum absolute atomic E-state index is 5.91. The number of rotatable bonds is 10. The first-order valence-electron chi connectivity index (χ1n) is 7.66. The molecule has 0 radical (unpaired) electrons. The lowest BCUT2D eigenvalue weighted by atomic mass is 10.0. The molecular formula is C18H22O4. The molecule has 118 valence electrons. The van der Waals surface area contributed by atoms with E-state index in [0.717, 1.165) is 48.7 Å². The molecule has 2 saturated heterocycles. The first-order valence-corrected chi connectivity index (χ1v) is 7.66. The van der Waals surface area contributed by atoms with Crippen LogP contribution in [0.2, 0.25) is 0 Å². The highest BCUT2D eigenvalue weighted by molar-refractivity contribution is 5.48. The van der Waals surface area contributed by atoms with Gasteiger partial charge in [0.1, 0.15) is 36.9 Å². The van der Waals surface area contributed by atoms with Crippen LogP contribution in [0.1, 0.15) is 11.1 Å². The Morgan fingerprint density at radius 2 is 1.32 bits per heavy atom. The normalized spacial score (nSPS) is 22.0. The summed E-state index contributed by atoms with van der Waals surface area (Å²) in [5, 5.41) is 0. The van der Waals surface area contributed by atoms with Crippen molar-refractivity contribution < 1.29 is 18.9 Å². The maximum Gasteiger partial charge on any atom is 0.123 e. The van der Waals surface area contributed by atoms with Crippen LogP contribution in [0.25, 0.3) is 0 Å². The molecule has 0 bridgehead atoms. The summed E-state index contributed by atoms with van der Waals surface area (Å²) in [7, 11) is 0. The Balaban J connectivity index is 1.80. The molecule has 2 unspecified atom stereocenters. The maximum atomic E-state index is 5.91. The molecule has 2 heterocycles. The second kappa shape index (κ2) is 6.99. The lowest BCUT2D eigenvalue weighted by molar-refractivity contribution is 0.254. The van der Waals surface area contributed by atoms with E-state index < -0.39 is 0 Å². The number of hydrogen-bond acceptors (Lipinski definition) is 4. The van der Waals surface area contributed by atoms with Gasteiger partial charge < -0.3 is 18.9 Å². The monoisotopic (exact) mass is 302 g/mol. The Hall–Kier alpha value is -1.78. The third-order valence-electron chi connectivity index (χ3n) is 3.63. The molecule has 2 atom stereocenters. The van der Waals surface area contributed by atoms with E-state index in [9.17, 15) is 0 Å². The van der Waals surface area contributed by atoms with Crippen molar-refractivity contribution in [2.45, 2.75) is 25.0 Å². The molecule has 0 saturated carbocycles. The Labute approximate surface area is 131 Å². The highest BCUT2D eigenvalue weighted by atomic mass is 16.6. The van der Waals surface area contributed by atoms with Gasteiger partial charge in [-0.15, -0.1) is 13.2 Å². The van der Waals surface area contributed by atoms with Gasteiger partial charge in [0.15, 0.2) is 0 Å². The summed E-state index contributed by atoms with van der Waals surface area (Å²) in [5.41, 5.74) is 2.16. The van der Waals surface area contributed by atoms with Gasteiger partial charge in [-0.05, 0) is 25.0 Å². The van der Waals surface area contributed by atoms with Gasteiger partial charge in [-0.25, -0.2) is 0 Å². The van der Waals surface area contributed by atoms with Crippen LogP contribution in [0.3, 0.4) is 0 Å². The molecule has 0 N–H and O–H groups in total. The largest absolute Gasteiger partial charge is 0.490 e. The SMILES string of the molecule is C=CCc1cc(OCC2CO2)c(CC=C)cc1OCC1CO1. The Morgan fingerprint density at radius 1 is 0.909 bits per heavy atom. The van der Waals surface area contributed by atoms with Gasteiger partial charge in [-0.1, -0.05) is 12.2 Å². The molecule has 0 aromatic heterocycles. The van der Waals surface area contributed by atoms with Crippen LogP contribution >= 0.6 is 0 Å². The topological polar surface area (TPSA) is 43.5 Å². The quantitative estimate of drug-likeness (QED) is 0.492. The summed E-state index contributed by atoms with van der Waals surface area (Å²) < 4.78 is 22.2. The Kier molecular flexibility index (Phi) is 4.80. The fourth-order valence-electron chi connectivity index (χ4n) is 2.24. The van der Waals surface area contributed by atoms with Crippen molar-refractivity contribution in [2.75, 3.05) is 26.4 Å². The molecule has 2 aliphatic heterocycles. The van der Waals surface area contributed by atoms with Crippen LogP contribution in [0.15, 0.2) is 37.4 Å². The molecule has 1 aromatic carbocycles. The van der Waals surface area contributed by atoms with Crippen LogP contribution in [0.4, 0.5) is 0 Å². The van der Waals surface area contributed by atoms with Crippen molar-refractivity contribution in [1.29, 1.82) is 0 Å². The fourth-order valence-corrected chi connectivity index (χ4v) is 2.24. The van der Waals surface area contributed by atoms with Crippen molar-refractivity contribution in [3.8, 4) is 11.5 Å². The standard InChI is InChI=1S/C18H22O4/c1-3-5-13-7-18(22-12-16-10-20-16)14(6-4-2)8-17(13)21-11-15-9-19-15/h3-4,7-8,15-16H,1-2,5-6,9-12H2. The van der Waals surface area contributed by atoms with E-state index in [1.807, 2.05) is 24.3 Å². The first-order chi connectivity index (χ1) is 10.8. The van der Waals surface area contributed by atoms with Gasteiger partial charge in [0.25, 0.3) is 0 Å².